The van der Waals surface area contributed by atoms with Crippen LogP contribution in [0.15, 0.2) is 30.3 Å². The first-order valence-electron chi connectivity index (χ1n) is 5.86. The van der Waals surface area contributed by atoms with Gasteiger partial charge in [-0.1, -0.05) is 30.3 Å². The van der Waals surface area contributed by atoms with E-state index in [0.29, 0.717) is 12.8 Å². The molecule has 0 unspecified atom stereocenters. The van der Waals surface area contributed by atoms with E-state index < -0.39 is 12.2 Å². The average molecular weight is 235 g/mol. The summed E-state index contributed by atoms with van der Waals surface area (Å²) in [6.45, 7) is 0. The SMILES string of the molecule is O=C(O)N[C@H]1C[C@H](Cc2ccccc2)[C@@H](O)C1. The van der Waals surface area contributed by atoms with Crippen LogP contribution in [0.2, 0.25) is 0 Å². The Morgan fingerprint density at radius 3 is 2.65 bits per heavy atom. The number of hydrogen-bond donors (Lipinski definition) is 3. The Hall–Kier alpha value is -1.55. The zero-order valence-electron chi connectivity index (χ0n) is 9.54. The van der Waals surface area contributed by atoms with Crippen molar-refractivity contribution in [3.63, 3.8) is 0 Å². The molecule has 1 aliphatic carbocycles. The van der Waals surface area contributed by atoms with Crippen LogP contribution in [0.5, 0.6) is 0 Å². The average Bonchev–Trinajstić information content (AvgIpc) is 2.59. The van der Waals surface area contributed by atoms with Crippen molar-refractivity contribution in [3.05, 3.63) is 35.9 Å². The Kier molecular flexibility index (Phi) is 3.64. The lowest BCUT2D eigenvalue weighted by Crippen LogP contribution is -2.31. The summed E-state index contributed by atoms with van der Waals surface area (Å²) < 4.78 is 0. The highest BCUT2D eigenvalue weighted by Crippen LogP contribution is 2.29. The minimum Gasteiger partial charge on any atom is -0.465 e. The minimum absolute atomic E-state index is 0.115. The first-order valence-corrected chi connectivity index (χ1v) is 5.86. The van der Waals surface area contributed by atoms with E-state index in [1.54, 1.807) is 0 Å². The summed E-state index contributed by atoms with van der Waals surface area (Å²) in [7, 11) is 0. The molecule has 0 heterocycles. The first-order chi connectivity index (χ1) is 8.15. The third-order valence-corrected chi connectivity index (χ3v) is 3.33. The van der Waals surface area contributed by atoms with Crippen LogP contribution >= 0.6 is 0 Å². The smallest absolute Gasteiger partial charge is 0.404 e. The maximum atomic E-state index is 10.5. The number of carbonyl (C=O) groups is 1. The summed E-state index contributed by atoms with van der Waals surface area (Å²) in [6.07, 6.45) is 0.612. The standard InChI is InChI=1S/C13H17NO3/c15-12-8-11(14-13(16)17)7-10(12)6-9-4-2-1-3-5-9/h1-5,10-12,14-15H,6-8H2,(H,16,17)/t10-,11-,12-/m0/s1. The van der Waals surface area contributed by atoms with Crippen LogP contribution in [0, 0.1) is 5.92 Å². The van der Waals surface area contributed by atoms with Gasteiger partial charge in [0.15, 0.2) is 0 Å². The molecule has 1 fully saturated rings. The molecule has 17 heavy (non-hydrogen) atoms. The largest absolute Gasteiger partial charge is 0.465 e. The Morgan fingerprint density at radius 2 is 2.00 bits per heavy atom. The summed E-state index contributed by atoms with van der Waals surface area (Å²) >= 11 is 0. The maximum absolute atomic E-state index is 10.5. The van der Waals surface area contributed by atoms with Gasteiger partial charge in [0.1, 0.15) is 0 Å². The summed E-state index contributed by atoms with van der Waals surface area (Å²) in [6, 6.07) is 9.86. The zero-order chi connectivity index (χ0) is 12.3. The summed E-state index contributed by atoms with van der Waals surface area (Å²) in [5.74, 6) is 0.147. The second kappa shape index (κ2) is 5.19. The summed E-state index contributed by atoms with van der Waals surface area (Å²) in [5, 5.41) is 21.0. The van der Waals surface area contributed by atoms with Crippen molar-refractivity contribution >= 4 is 6.09 Å². The monoisotopic (exact) mass is 235 g/mol. The number of hydrogen-bond acceptors (Lipinski definition) is 2. The predicted octanol–water partition coefficient (Wildman–Crippen LogP) is 1.64. The molecule has 0 bridgehead atoms. The van der Waals surface area contributed by atoms with Crippen LogP contribution < -0.4 is 5.32 Å². The van der Waals surface area contributed by atoms with Crippen LogP contribution in [0.25, 0.3) is 0 Å². The Balaban J connectivity index is 1.92. The predicted molar refractivity (Wildman–Crippen MR) is 63.8 cm³/mol. The fourth-order valence-electron chi connectivity index (χ4n) is 2.53. The molecular formula is C13H17NO3. The summed E-state index contributed by atoms with van der Waals surface area (Å²) in [5.41, 5.74) is 1.19. The molecule has 1 saturated carbocycles. The van der Waals surface area contributed by atoms with E-state index in [2.05, 4.69) is 5.32 Å². The van der Waals surface area contributed by atoms with Gasteiger partial charge >= 0.3 is 6.09 Å². The minimum atomic E-state index is -1.01. The lowest BCUT2D eigenvalue weighted by molar-refractivity contribution is 0.131. The molecular weight excluding hydrogens is 218 g/mol. The van der Waals surface area contributed by atoms with Crippen LogP contribution in [-0.2, 0) is 6.42 Å². The molecule has 0 aliphatic heterocycles. The van der Waals surface area contributed by atoms with Crippen molar-refractivity contribution < 1.29 is 15.0 Å². The van der Waals surface area contributed by atoms with Crippen LogP contribution in [0.4, 0.5) is 4.79 Å². The molecule has 0 saturated heterocycles. The van der Waals surface area contributed by atoms with Gasteiger partial charge in [-0.3, -0.25) is 0 Å². The fraction of sp³-hybridized carbons (Fsp3) is 0.462. The molecule has 92 valence electrons. The number of aliphatic hydroxyl groups excluding tert-OH is 1. The van der Waals surface area contributed by atoms with E-state index in [4.69, 9.17) is 5.11 Å². The molecule has 4 nitrogen and oxygen atoms in total. The van der Waals surface area contributed by atoms with E-state index in [1.807, 2.05) is 30.3 Å². The van der Waals surface area contributed by atoms with Gasteiger partial charge in [0.2, 0.25) is 0 Å². The van der Waals surface area contributed by atoms with Crippen molar-refractivity contribution in [2.75, 3.05) is 0 Å². The maximum Gasteiger partial charge on any atom is 0.404 e. The number of nitrogens with one attached hydrogen (secondary N) is 1. The van der Waals surface area contributed by atoms with Crippen LogP contribution in [-0.4, -0.2) is 28.5 Å². The van der Waals surface area contributed by atoms with Crippen LogP contribution in [0.1, 0.15) is 18.4 Å². The van der Waals surface area contributed by atoms with E-state index in [1.165, 1.54) is 5.56 Å². The summed E-state index contributed by atoms with van der Waals surface area (Å²) in [4.78, 5) is 10.5. The van der Waals surface area contributed by atoms with Gasteiger partial charge in [0.25, 0.3) is 0 Å². The number of carboxylic acid groups (broad SMARTS) is 1. The van der Waals surface area contributed by atoms with Crippen LogP contribution in [0.3, 0.4) is 0 Å². The molecule has 4 heteroatoms. The fourth-order valence-corrected chi connectivity index (χ4v) is 2.53. The van der Waals surface area contributed by atoms with Crippen molar-refractivity contribution in [2.45, 2.75) is 31.4 Å². The first kappa shape index (κ1) is 11.9. The topological polar surface area (TPSA) is 69.6 Å². The van der Waals surface area contributed by atoms with E-state index in [-0.39, 0.29) is 12.0 Å². The van der Waals surface area contributed by atoms with Gasteiger partial charge in [-0.15, -0.1) is 0 Å². The highest BCUT2D eigenvalue weighted by atomic mass is 16.4. The lowest BCUT2D eigenvalue weighted by atomic mass is 9.96. The zero-order valence-corrected chi connectivity index (χ0v) is 9.54. The van der Waals surface area contributed by atoms with E-state index in [0.717, 1.165) is 6.42 Å². The Morgan fingerprint density at radius 1 is 1.29 bits per heavy atom. The Labute approximate surface area is 100 Å². The molecule has 3 N–H and O–H groups in total. The quantitative estimate of drug-likeness (QED) is 0.746. The van der Waals surface area contributed by atoms with Gasteiger partial charge in [-0.25, -0.2) is 4.79 Å². The molecule has 3 atom stereocenters. The molecule has 1 aliphatic rings. The highest BCUT2D eigenvalue weighted by molar-refractivity contribution is 5.64. The normalized spacial score (nSPS) is 27.9. The number of aliphatic hydroxyl groups is 1. The molecule has 0 aromatic heterocycles. The molecule has 0 spiro atoms. The molecule has 1 aromatic carbocycles. The van der Waals surface area contributed by atoms with Crippen molar-refractivity contribution in [1.29, 1.82) is 0 Å². The second-order valence-corrected chi connectivity index (χ2v) is 4.63. The molecule has 1 amide bonds. The lowest BCUT2D eigenvalue weighted by Gasteiger charge is -2.13. The molecule has 2 rings (SSSR count). The van der Waals surface area contributed by atoms with Crippen molar-refractivity contribution in [2.24, 2.45) is 5.92 Å². The van der Waals surface area contributed by atoms with Gasteiger partial charge in [0.05, 0.1) is 6.10 Å². The third kappa shape index (κ3) is 3.20. The second-order valence-electron chi connectivity index (χ2n) is 4.63. The molecule has 1 aromatic rings. The van der Waals surface area contributed by atoms with Crippen molar-refractivity contribution in [3.8, 4) is 0 Å². The van der Waals surface area contributed by atoms with Gasteiger partial charge in [-0.05, 0) is 30.7 Å². The van der Waals surface area contributed by atoms with E-state index in [9.17, 15) is 9.90 Å². The van der Waals surface area contributed by atoms with E-state index >= 15 is 0 Å². The number of benzene rings is 1. The van der Waals surface area contributed by atoms with Crippen molar-refractivity contribution in [1.82, 2.24) is 5.32 Å². The van der Waals surface area contributed by atoms with Gasteiger partial charge in [-0.2, -0.15) is 0 Å². The number of amides is 1. The highest BCUT2D eigenvalue weighted by Gasteiger charge is 2.33. The number of rotatable bonds is 3. The van der Waals surface area contributed by atoms with Gasteiger partial charge < -0.3 is 15.5 Å². The third-order valence-electron chi connectivity index (χ3n) is 3.33. The molecule has 0 radical (unpaired) electrons. The Bertz CT molecular complexity index is 380. The van der Waals surface area contributed by atoms with Gasteiger partial charge in [0, 0.05) is 6.04 Å².